The Hall–Kier alpha value is -2.21. The molecule has 0 aliphatic rings. The van der Waals surface area contributed by atoms with Crippen molar-refractivity contribution in [2.45, 2.75) is 26.5 Å². The van der Waals surface area contributed by atoms with Gasteiger partial charge < -0.3 is 14.4 Å². The van der Waals surface area contributed by atoms with Crippen LogP contribution in [0.3, 0.4) is 0 Å². The number of carbonyl (C=O) groups is 1. The summed E-state index contributed by atoms with van der Waals surface area (Å²) in [7, 11) is 0. The topological polar surface area (TPSA) is 81.4 Å². The van der Waals surface area contributed by atoms with Gasteiger partial charge in [-0.15, -0.1) is 0 Å². The van der Waals surface area contributed by atoms with Gasteiger partial charge in [-0.25, -0.2) is 9.78 Å². The number of carboxylic acids is 1. The molecule has 6 heteroatoms. The summed E-state index contributed by atoms with van der Waals surface area (Å²) in [6, 6.07) is 7.13. The predicted molar refractivity (Wildman–Crippen MR) is 73.8 cm³/mol. The maximum absolute atomic E-state index is 12.2. The van der Waals surface area contributed by atoms with E-state index in [1.807, 2.05) is 6.07 Å². The van der Waals surface area contributed by atoms with Gasteiger partial charge in [-0.1, -0.05) is 12.1 Å². The Bertz CT molecular complexity index is 693. The van der Waals surface area contributed by atoms with E-state index in [9.17, 15) is 9.59 Å². The summed E-state index contributed by atoms with van der Waals surface area (Å²) in [6.45, 7) is 3.57. The van der Waals surface area contributed by atoms with Crippen molar-refractivity contribution < 1.29 is 14.6 Å². The number of fused-ring (bicyclic) bond motifs is 1. The molecule has 1 atom stereocenters. The lowest BCUT2D eigenvalue weighted by Crippen LogP contribution is -2.35. The normalized spacial score (nSPS) is 12.5. The van der Waals surface area contributed by atoms with Gasteiger partial charge in [-0.2, -0.15) is 0 Å². The highest BCUT2D eigenvalue weighted by molar-refractivity contribution is 5.76. The average molecular weight is 276 g/mol. The predicted octanol–water partition coefficient (Wildman–Crippen LogP) is 1.19. The first-order valence-electron chi connectivity index (χ1n) is 6.35. The molecule has 6 nitrogen and oxygen atoms in total. The molecule has 1 N–H and O–H groups in total. The lowest BCUT2D eigenvalue weighted by Gasteiger charge is -2.16. The van der Waals surface area contributed by atoms with E-state index < -0.39 is 12.1 Å². The highest BCUT2D eigenvalue weighted by atomic mass is 16.5. The van der Waals surface area contributed by atoms with Crippen LogP contribution in [0.1, 0.15) is 12.6 Å². The Balaban J connectivity index is 2.55. The van der Waals surface area contributed by atoms with Crippen molar-refractivity contribution in [3.8, 4) is 0 Å². The highest BCUT2D eigenvalue weighted by Crippen LogP contribution is 2.11. The van der Waals surface area contributed by atoms with E-state index in [-0.39, 0.29) is 18.7 Å². The average Bonchev–Trinajstić information content (AvgIpc) is 2.42. The second-order valence-corrected chi connectivity index (χ2v) is 4.38. The molecule has 1 unspecified atom stereocenters. The number of hydrogen-bond acceptors (Lipinski definition) is 4. The number of hydrogen-bond donors (Lipinski definition) is 1. The SMILES string of the molecule is CCOC(Cn1c(=O)c(C)nc2ccccc21)C(=O)O. The van der Waals surface area contributed by atoms with Crippen molar-refractivity contribution >= 4 is 17.0 Å². The van der Waals surface area contributed by atoms with Crippen molar-refractivity contribution in [2.24, 2.45) is 0 Å². The lowest BCUT2D eigenvalue weighted by molar-refractivity contribution is -0.150. The fourth-order valence-corrected chi connectivity index (χ4v) is 2.07. The lowest BCUT2D eigenvalue weighted by atomic mass is 10.2. The van der Waals surface area contributed by atoms with Gasteiger partial charge in [-0.05, 0) is 26.0 Å². The van der Waals surface area contributed by atoms with E-state index in [4.69, 9.17) is 9.84 Å². The molecular weight excluding hydrogens is 260 g/mol. The van der Waals surface area contributed by atoms with Gasteiger partial charge in [0.05, 0.1) is 17.6 Å². The quantitative estimate of drug-likeness (QED) is 0.887. The molecule has 0 spiro atoms. The number of para-hydroxylation sites is 2. The van der Waals surface area contributed by atoms with E-state index in [2.05, 4.69) is 4.98 Å². The molecule has 1 aromatic carbocycles. The van der Waals surface area contributed by atoms with Crippen LogP contribution in [0.2, 0.25) is 0 Å². The van der Waals surface area contributed by atoms with E-state index >= 15 is 0 Å². The van der Waals surface area contributed by atoms with Gasteiger partial charge in [0.25, 0.3) is 5.56 Å². The highest BCUT2D eigenvalue weighted by Gasteiger charge is 2.20. The molecule has 2 aromatic rings. The molecule has 0 saturated carbocycles. The minimum atomic E-state index is -1.09. The molecule has 20 heavy (non-hydrogen) atoms. The summed E-state index contributed by atoms with van der Waals surface area (Å²) >= 11 is 0. The molecule has 1 heterocycles. The monoisotopic (exact) mass is 276 g/mol. The zero-order chi connectivity index (χ0) is 14.7. The van der Waals surface area contributed by atoms with Gasteiger partial charge in [0.15, 0.2) is 6.10 Å². The Morgan fingerprint density at radius 1 is 1.45 bits per heavy atom. The Morgan fingerprint density at radius 2 is 2.15 bits per heavy atom. The summed E-state index contributed by atoms with van der Waals surface area (Å²) in [5.74, 6) is -1.09. The number of aromatic nitrogens is 2. The van der Waals surface area contributed by atoms with E-state index in [1.54, 1.807) is 32.0 Å². The van der Waals surface area contributed by atoms with Crippen LogP contribution in [0, 0.1) is 6.92 Å². The summed E-state index contributed by atoms with van der Waals surface area (Å²) in [5.41, 5.74) is 1.30. The third-order valence-corrected chi connectivity index (χ3v) is 3.01. The van der Waals surface area contributed by atoms with Gasteiger partial charge >= 0.3 is 5.97 Å². The third kappa shape index (κ3) is 2.70. The van der Waals surface area contributed by atoms with Gasteiger partial charge in [-0.3, -0.25) is 4.79 Å². The molecule has 0 saturated heterocycles. The van der Waals surface area contributed by atoms with E-state index in [0.717, 1.165) is 0 Å². The van der Waals surface area contributed by atoms with Crippen LogP contribution < -0.4 is 5.56 Å². The van der Waals surface area contributed by atoms with Crippen molar-refractivity contribution in [3.05, 3.63) is 40.3 Å². The zero-order valence-corrected chi connectivity index (χ0v) is 11.4. The minimum absolute atomic E-state index is 0.0358. The molecule has 106 valence electrons. The van der Waals surface area contributed by atoms with Crippen LogP contribution in [0.25, 0.3) is 11.0 Å². The Morgan fingerprint density at radius 3 is 2.80 bits per heavy atom. The van der Waals surface area contributed by atoms with Gasteiger partial charge in [0.1, 0.15) is 5.69 Å². The number of carboxylic acid groups (broad SMARTS) is 1. The maximum atomic E-state index is 12.2. The van der Waals surface area contributed by atoms with Crippen LogP contribution in [0.5, 0.6) is 0 Å². The maximum Gasteiger partial charge on any atom is 0.334 e. The minimum Gasteiger partial charge on any atom is -0.479 e. The van der Waals surface area contributed by atoms with Gasteiger partial charge in [0.2, 0.25) is 0 Å². The fourth-order valence-electron chi connectivity index (χ4n) is 2.07. The summed E-state index contributed by atoms with van der Waals surface area (Å²) in [5, 5.41) is 9.14. The number of aliphatic carboxylic acids is 1. The summed E-state index contributed by atoms with van der Waals surface area (Å²) in [4.78, 5) is 27.6. The number of benzene rings is 1. The molecule has 0 bridgehead atoms. The summed E-state index contributed by atoms with van der Waals surface area (Å²) in [6.07, 6.45) is -1.05. The van der Waals surface area contributed by atoms with Gasteiger partial charge in [0, 0.05) is 6.61 Å². The summed E-state index contributed by atoms with van der Waals surface area (Å²) < 4.78 is 6.58. The smallest absolute Gasteiger partial charge is 0.334 e. The molecule has 0 aliphatic heterocycles. The Labute approximate surface area is 115 Å². The number of aryl methyl sites for hydroxylation is 1. The third-order valence-electron chi connectivity index (χ3n) is 3.01. The fraction of sp³-hybridized carbons (Fsp3) is 0.357. The number of rotatable bonds is 5. The zero-order valence-electron chi connectivity index (χ0n) is 11.4. The largest absolute Gasteiger partial charge is 0.479 e. The second kappa shape index (κ2) is 5.83. The van der Waals surface area contributed by atoms with Crippen LogP contribution in [0.15, 0.2) is 29.1 Å². The van der Waals surface area contributed by atoms with E-state index in [1.165, 1.54) is 4.57 Å². The van der Waals surface area contributed by atoms with Crippen molar-refractivity contribution in [2.75, 3.05) is 6.61 Å². The molecule has 0 radical (unpaired) electrons. The molecule has 1 aromatic heterocycles. The van der Waals surface area contributed by atoms with Crippen LogP contribution in [-0.2, 0) is 16.1 Å². The van der Waals surface area contributed by atoms with Crippen molar-refractivity contribution in [1.29, 1.82) is 0 Å². The van der Waals surface area contributed by atoms with Crippen LogP contribution in [-0.4, -0.2) is 33.3 Å². The first kappa shape index (κ1) is 14.2. The van der Waals surface area contributed by atoms with E-state index in [0.29, 0.717) is 16.7 Å². The number of nitrogens with zero attached hydrogens (tertiary/aromatic N) is 2. The molecular formula is C14H16N2O4. The second-order valence-electron chi connectivity index (χ2n) is 4.38. The van der Waals surface area contributed by atoms with Crippen molar-refractivity contribution in [3.63, 3.8) is 0 Å². The standard InChI is InChI=1S/C14H16N2O4/c1-3-20-12(14(18)19)8-16-11-7-5-4-6-10(11)15-9(2)13(16)17/h4-7,12H,3,8H2,1-2H3,(H,18,19). The molecule has 0 fully saturated rings. The first-order valence-corrected chi connectivity index (χ1v) is 6.35. The van der Waals surface area contributed by atoms with Crippen LogP contribution >= 0.6 is 0 Å². The first-order chi connectivity index (χ1) is 9.54. The molecule has 2 rings (SSSR count). The molecule has 0 aliphatic carbocycles. The number of ether oxygens (including phenoxy) is 1. The van der Waals surface area contributed by atoms with Crippen LogP contribution in [0.4, 0.5) is 0 Å². The van der Waals surface area contributed by atoms with Crippen molar-refractivity contribution in [1.82, 2.24) is 9.55 Å². The Kier molecular flexibility index (Phi) is 4.14. The molecule has 0 amide bonds.